The summed E-state index contributed by atoms with van der Waals surface area (Å²) in [5, 5.41) is 3.46. The number of unbranched alkanes of at least 4 members (excludes halogenated alkanes) is 4. The molecule has 188 valence electrons. The van der Waals surface area contributed by atoms with Crippen LogP contribution in [0.15, 0.2) is 48.5 Å². The van der Waals surface area contributed by atoms with E-state index in [1.54, 1.807) is 36.4 Å². The number of carbonyl (C=O) groups excluding carboxylic acids is 2. The summed E-state index contributed by atoms with van der Waals surface area (Å²) < 4.78 is 18.9. The van der Waals surface area contributed by atoms with E-state index >= 15 is 0 Å². The van der Waals surface area contributed by atoms with E-state index in [1.165, 1.54) is 17.0 Å². The van der Waals surface area contributed by atoms with Crippen molar-refractivity contribution in [3.63, 3.8) is 0 Å². The highest BCUT2D eigenvalue weighted by Gasteiger charge is 2.43. The van der Waals surface area contributed by atoms with E-state index < -0.39 is 6.04 Å². The van der Waals surface area contributed by atoms with Gasteiger partial charge in [-0.2, -0.15) is 0 Å². The highest BCUT2D eigenvalue weighted by atomic mass is 32.1. The third-order valence-corrected chi connectivity index (χ3v) is 6.26. The second-order valence-corrected chi connectivity index (χ2v) is 9.06. The molecule has 1 atom stereocenters. The fourth-order valence-corrected chi connectivity index (χ4v) is 4.39. The first-order valence-corrected chi connectivity index (χ1v) is 12.8. The quantitative estimate of drug-likeness (QED) is 0.222. The van der Waals surface area contributed by atoms with Crippen LogP contribution in [0, 0.1) is 5.82 Å². The Morgan fingerprint density at radius 1 is 1.03 bits per heavy atom. The number of amides is 2. The van der Waals surface area contributed by atoms with Crippen LogP contribution in [-0.4, -0.2) is 41.0 Å². The zero-order chi connectivity index (χ0) is 25.2. The zero-order valence-electron chi connectivity index (χ0n) is 20.5. The standard InChI is InChI=1S/C27H34FN3O3S/c1-3-5-6-7-8-17-30(27(35)29-21-11-9-20(28)10-12-21)24-19-25(32)31(26(24)33)22-13-15-23(16-14-22)34-18-4-2/h9-16,24H,3-8,17-19H2,1-2H3,(H,29,35)/t24-/m1/s1. The highest BCUT2D eigenvalue weighted by molar-refractivity contribution is 7.80. The van der Waals surface area contributed by atoms with Gasteiger partial charge in [0.2, 0.25) is 5.91 Å². The summed E-state index contributed by atoms with van der Waals surface area (Å²) in [5.41, 5.74) is 1.15. The first-order valence-electron chi connectivity index (χ1n) is 12.4. The lowest BCUT2D eigenvalue weighted by Gasteiger charge is -2.30. The van der Waals surface area contributed by atoms with Gasteiger partial charge in [0.25, 0.3) is 5.91 Å². The number of benzene rings is 2. The van der Waals surface area contributed by atoms with Gasteiger partial charge in [0.1, 0.15) is 17.6 Å². The van der Waals surface area contributed by atoms with E-state index in [1.807, 2.05) is 11.8 Å². The van der Waals surface area contributed by atoms with E-state index in [4.69, 9.17) is 17.0 Å². The van der Waals surface area contributed by atoms with Crippen molar-refractivity contribution >= 4 is 40.5 Å². The van der Waals surface area contributed by atoms with Crippen molar-refractivity contribution in [1.82, 2.24) is 4.90 Å². The highest BCUT2D eigenvalue weighted by Crippen LogP contribution is 2.28. The zero-order valence-corrected chi connectivity index (χ0v) is 21.3. The van der Waals surface area contributed by atoms with E-state index in [0.29, 0.717) is 35.4 Å². The summed E-state index contributed by atoms with van der Waals surface area (Å²) in [6.07, 6.45) is 6.22. The molecular weight excluding hydrogens is 465 g/mol. The van der Waals surface area contributed by atoms with E-state index in [0.717, 1.165) is 38.5 Å². The Labute approximate surface area is 212 Å². The van der Waals surface area contributed by atoms with E-state index in [2.05, 4.69) is 12.2 Å². The molecule has 0 aromatic heterocycles. The number of thiocarbonyl (C=S) groups is 1. The van der Waals surface area contributed by atoms with Gasteiger partial charge in [0, 0.05) is 12.2 Å². The van der Waals surface area contributed by atoms with Crippen molar-refractivity contribution in [3.05, 3.63) is 54.3 Å². The van der Waals surface area contributed by atoms with Gasteiger partial charge < -0.3 is 15.0 Å². The average molecular weight is 500 g/mol. The molecule has 35 heavy (non-hydrogen) atoms. The third kappa shape index (κ3) is 7.24. The van der Waals surface area contributed by atoms with Crippen LogP contribution in [0.1, 0.15) is 58.8 Å². The third-order valence-electron chi connectivity index (χ3n) is 5.93. The molecule has 2 aromatic rings. The molecule has 1 saturated heterocycles. The molecule has 1 aliphatic heterocycles. The van der Waals surface area contributed by atoms with Gasteiger partial charge in [0.05, 0.1) is 18.7 Å². The molecule has 0 bridgehead atoms. The van der Waals surface area contributed by atoms with Crippen molar-refractivity contribution < 1.29 is 18.7 Å². The Morgan fingerprint density at radius 3 is 2.37 bits per heavy atom. The van der Waals surface area contributed by atoms with Gasteiger partial charge in [-0.05, 0) is 73.6 Å². The lowest BCUT2D eigenvalue weighted by Crippen LogP contribution is -2.47. The van der Waals surface area contributed by atoms with Gasteiger partial charge in [-0.1, -0.05) is 39.5 Å². The number of nitrogens with zero attached hydrogens (tertiary/aromatic N) is 2. The summed E-state index contributed by atoms with van der Waals surface area (Å²) >= 11 is 5.65. The Balaban J connectivity index is 1.75. The van der Waals surface area contributed by atoms with Gasteiger partial charge in [-0.15, -0.1) is 0 Å². The van der Waals surface area contributed by atoms with Gasteiger partial charge >= 0.3 is 0 Å². The van der Waals surface area contributed by atoms with Crippen LogP contribution in [0.2, 0.25) is 0 Å². The van der Waals surface area contributed by atoms with Gasteiger partial charge in [0.15, 0.2) is 5.11 Å². The molecule has 3 rings (SSSR count). The largest absolute Gasteiger partial charge is 0.494 e. The summed E-state index contributed by atoms with van der Waals surface area (Å²) in [7, 11) is 0. The maximum atomic E-state index is 13.4. The van der Waals surface area contributed by atoms with Crippen LogP contribution < -0.4 is 15.0 Å². The van der Waals surface area contributed by atoms with Crippen LogP contribution in [0.4, 0.5) is 15.8 Å². The second kappa shape index (κ2) is 13.2. The first kappa shape index (κ1) is 26.6. The smallest absolute Gasteiger partial charge is 0.257 e. The summed E-state index contributed by atoms with van der Waals surface area (Å²) in [6, 6.07) is 12.2. The Morgan fingerprint density at radius 2 is 1.71 bits per heavy atom. The summed E-state index contributed by atoms with van der Waals surface area (Å²) in [4.78, 5) is 29.4. The van der Waals surface area contributed by atoms with Crippen LogP contribution >= 0.6 is 12.2 Å². The fourth-order valence-electron chi connectivity index (χ4n) is 4.06. The van der Waals surface area contributed by atoms with Crippen molar-refractivity contribution in [2.45, 2.75) is 64.8 Å². The summed E-state index contributed by atoms with van der Waals surface area (Å²) in [6.45, 7) is 5.35. The monoisotopic (exact) mass is 499 g/mol. The minimum Gasteiger partial charge on any atom is -0.494 e. The molecule has 1 heterocycles. The average Bonchev–Trinajstić information content (AvgIpc) is 3.15. The molecule has 6 nitrogen and oxygen atoms in total. The molecular formula is C27H34FN3O3S. The topological polar surface area (TPSA) is 61.9 Å². The Bertz CT molecular complexity index is 998. The molecule has 2 aromatic carbocycles. The van der Waals surface area contributed by atoms with E-state index in [9.17, 15) is 14.0 Å². The molecule has 1 aliphatic rings. The van der Waals surface area contributed by atoms with E-state index in [-0.39, 0.29) is 24.1 Å². The maximum absolute atomic E-state index is 13.4. The van der Waals surface area contributed by atoms with Crippen LogP contribution in [0.5, 0.6) is 5.75 Å². The molecule has 8 heteroatoms. The fraction of sp³-hybridized carbons (Fsp3) is 0.444. The number of nitrogens with one attached hydrogen (secondary N) is 1. The molecule has 1 fully saturated rings. The van der Waals surface area contributed by atoms with Crippen LogP contribution in [0.25, 0.3) is 0 Å². The lowest BCUT2D eigenvalue weighted by atomic mass is 10.1. The minimum atomic E-state index is -0.690. The molecule has 0 spiro atoms. The first-order chi connectivity index (χ1) is 16.9. The normalized spacial score (nSPS) is 15.4. The predicted octanol–water partition coefficient (Wildman–Crippen LogP) is 5.92. The number of hydrogen-bond donors (Lipinski definition) is 1. The molecule has 0 saturated carbocycles. The second-order valence-electron chi connectivity index (χ2n) is 8.67. The lowest BCUT2D eigenvalue weighted by molar-refractivity contribution is -0.122. The molecule has 0 radical (unpaired) electrons. The number of ether oxygens (including phenoxy) is 1. The summed E-state index contributed by atoms with van der Waals surface area (Å²) in [5.74, 6) is -0.200. The number of anilines is 2. The van der Waals surface area contributed by atoms with Crippen LogP contribution in [-0.2, 0) is 9.59 Å². The minimum absolute atomic E-state index is 0.0487. The number of halogens is 1. The molecule has 2 amide bonds. The molecule has 0 aliphatic carbocycles. The van der Waals surface area contributed by atoms with Gasteiger partial charge in [-0.3, -0.25) is 9.59 Å². The Kier molecular flexibility index (Phi) is 10.0. The van der Waals surface area contributed by atoms with Crippen LogP contribution in [0.3, 0.4) is 0 Å². The molecule has 1 N–H and O–H groups in total. The van der Waals surface area contributed by atoms with Gasteiger partial charge in [-0.25, -0.2) is 9.29 Å². The SMILES string of the molecule is CCCCCCCN(C(=S)Nc1ccc(F)cc1)[C@@H]1CC(=O)N(c2ccc(OCCC)cc2)C1=O. The number of rotatable bonds is 12. The van der Waals surface area contributed by atoms with Crippen molar-refractivity contribution in [2.24, 2.45) is 0 Å². The van der Waals surface area contributed by atoms with Crippen molar-refractivity contribution in [1.29, 1.82) is 0 Å². The number of carbonyl (C=O) groups is 2. The number of imide groups is 1. The maximum Gasteiger partial charge on any atom is 0.257 e. The number of hydrogen-bond acceptors (Lipinski definition) is 4. The van der Waals surface area contributed by atoms with Crippen molar-refractivity contribution in [3.8, 4) is 5.75 Å². The molecule has 0 unspecified atom stereocenters. The van der Waals surface area contributed by atoms with Crippen molar-refractivity contribution in [2.75, 3.05) is 23.4 Å². The Hall–Kier alpha value is -3.00. The predicted molar refractivity (Wildman–Crippen MR) is 141 cm³/mol.